The number of anilines is 3. The van der Waals surface area contributed by atoms with E-state index in [0.29, 0.717) is 37.0 Å². The summed E-state index contributed by atoms with van der Waals surface area (Å²) in [6.45, 7) is 1.07. The summed E-state index contributed by atoms with van der Waals surface area (Å²) >= 11 is 0. The molecule has 3 aromatic rings. The van der Waals surface area contributed by atoms with Crippen LogP contribution in [0.25, 0.3) is 0 Å². The van der Waals surface area contributed by atoms with Crippen LogP contribution >= 0.6 is 0 Å². The minimum Gasteiger partial charge on any atom is -0.497 e. The van der Waals surface area contributed by atoms with E-state index >= 15 is 0 Å². The van der Waals surface area contributed by atoms with Gasteiger partial charge in [0.05, 0.1) is 7.11 Å². The van der Waals surface area contributed by atoms with Gasteiger partial charge < -0.3 is 20.7 Å². The lowest BCUT2D eigenvalue weighted by Crippen LogP contribution is -2.24. The summed E-state index contributed by atoms with van der Waals surface area (Å²) in [4.78, 5) is 13.7. The molecule has 32 heavy (non-hydrogen) atoms. The lowest BCUT2D eigenvalue weighted by Gasteiger charge is -2.23. The highest BCUT2D eigenvalue weighted by Crippen LogP contribution is 2.21. The van der Waals surface area contributed by atoms with Gasteiger partial charge in [-0.2, -0.15) is 15.0 Å². The largest absolute Gasteiger partial charge is 0.497 e. The van der Waals surface area contributed by atoms with Crippen molar-refractivity contribution in [1.82, 2.24) is 15.0 Å². The average molecular weight is 437 g/mol. The number of nitrogens with zero attached hydrogens (tertiary/aromatic N) is 3. The van der Waals surface area contributed by atoms with E-state index in [0.717, 1.165) is 29.7 Å². The lowest BCUT2D eigenvalue weighted by molar-refractivity contribution is 0.414. The number of halogens is 1. The van der Waals surface area contributed by atoms with Crippen LogP contribution in [-0.2, 0) is 13.1 Å². The van der Waals surface area contributed by atoms with E-state index in [1.807, 2.05) is 24.3 Å². The summed E-state index contributed by atoms with van der Waals surface area (Å²) in [5, 5.41) is 9.99. The van der Waals surface area contributed by atoms with Crippen LogP contribution in [0.15, 0.2) is 48.5 Å². The summed E-state index contributed by atoms with van der Waals surface area (Å²) in [5.74, 6) is 2.10. The number of hydrogen-bond acceptors (Lipinski definition) is 7. The highest BCUT2D eigenvalue weighted by Gasteiger charge is 2.15. The highest BCUT2D eigenvalue weighted by molar-refractivity contribution is 5.43. The highest BCUT2D eigenvalue weighted by atomic mass is 19.1. The smallest absolute Gasteiger partial charge is 0.229 e. The third-order valence-electron chi connectivity index (χ3n) is 5.55. The molecule has 1 aromatic heterocycles. The van der Waals surface area contributed by atoms with Crippen molar-refractivity contribution >= 4 is 17.8 Å². The van der Waals surface area contributed by atoms with Crippen molar-refractivity contribution in [3.05, 3.63) is 65.5 Å². The van der Waals surface area contributed by atoms with Crippen LogP contribution in [0.4, 0.5) is 22.2 Å². The SMILES string of the molecule is COc1ccc(CNc2nc(NCc3ccc(F)cc3)nc(NC3CCCCC3)n2)cc1. The molecule has 7 nitrogen and oxygen atoms in total. The van der Waals surface area contributed by atoms with Crippen molar-refractivity contribution < 1.29 is 9.13 Å². The Labute approximate surface area is 187 Å². The van der Waals surface area contributed by atoms with Gasteiger partial charge in [0.15, 0.2) is 0 Å². The Morgan fingerprint density at radius 2 is 1.31 bits per heavy atom. The van der Waals surface area contributed by atoms with E-state index in [4.69, 9.17) is 4.74 Å². The summed E-state index contributed by atoms with van der Waals surface area (Å²) in [6.07, 6.45) is 5.98. The normalized spacial score (nSPS) is 14.1. The molecule has 168 valence electrons. The molecule has 0 spiro atoms. The molecule has 0 radical (unpaired) electrons. The van der Waals surface area contributed by atoms with E-state index in [2.05, 4.69) is 30.9 Å². The number of hydrogen-bond donors (Lipinski definition) is 3. The molecule has 1 aliphatic carbocycles. The van der Waals surface area contributed by atoms with Crippen LogP contribution in [0, 0.1) is 5.82 Å². The number of ether oxygens (including phenoxy) is 1. The van der Waals surface area contributed by atoms with Crippen LogP contribution in [0.1, 0.15) is 43.2 Å². The average Bonchev–Trinajstić information content (AvgIpc) is 2.83. The predicted octanol–water partition coefficient (Wildman–Crippen LogP) is 4.99. The minimum absolute atomic E-state index is 0.252. The van der Waals surface area contributed by atoms with Crippen LogP contribution in [0.2, 0.25) is 0 Å². The molecule has 4 rings (SSSR count). The Bertz CT molecular complexity index is 990. The van der Waals surface area contributed by atoms with Gasteiger partial charge in [0, 0.05) is 19.1 Å². The van der Waals surface area contributed by atoms with E-state index in [1.165, 1.54) is 31.4 Å². The fourth-order valence-electron chi connectivity index (χ4n) is 3.74. The van der Waals surface area contributed by atoms with E-state index < -0.39 is 0 Å². The first-order chi connectivity index (χ1) is 15.7. The second-order valence-corrected chi connectivity index (χ2v) is 7.97. The van der Waals surface area contributed by atoms with Gasteiger partial charge >= 0.3 is 0 Å². The van der Waals surface area contributed by atoms with Gasteiger partial charge in [-0.15, -0.1) is 0 Å². The summed E-state index contributed by atoms with van der Waals surface area (Å²) in [5.41, 5.74) is 2.04. The topological polar surface area (TPSA) is 84.0 Å². The van der Waals surface area contributed by atoms with Crippen molar-refractivity contribution in [2.45, 2.75) is 51.2 Å². The standard InChI is InChI=1S/C24H29FN6O/c1-32-21-13-9-18(10-14-21)16-27-23-29-22(26-15-17-7-11-19(25)12-8-17)30-24(31-23)28-20-5-3-2-4-6-20/h7-14,20H,2-6,15-16H2,1H3,(H3,26,27,28,29,30,31). The molecule has 0 bridgehead atoms. The van der Waals surface area contributed by atoms with E-state index in [9.17, 15) is 4.39 Å². The van der Waals surface area contributed by atoms with E-state index in [-0.39, 0.29) is 5.82 Å². The second-order valence-electron chi connectivity index (χ2n) is 7.97. The van der Waals surface area contributed by atoms with E-state index in [1.54, 1.807) is 19.2 Å². The van der Waals surface area contributed by atoms with Crippen molar-refractivity contribution in [2.24, 2.45) is 0 Å². The van der Waals surface area contributed by atoms with Crippen LogP contribution < -0.4 is 20.7 Å². The monoisotopic (exact) mass is 436 g/mol. The van der Waals surface area contributed by atoms with Crippen molar-refractivity contribution in [2.75, 3.05) is 23.1 Å². The molecule has 1 heterocycles. The number of benzene rings is 2. The quantitative estimate of drug-likeness (QED) is 0.436. The molecular formula is C24H29FN6O. The molecule has 8 heteroatoms. The fourth-order valence-corrected chi connectivity index (χ4v) is 3.74. The van der Waals surface area contributed by atoms with Gasteiger partial charge in [-0.25, -0.2) is 4.39 Å². The summed E-state index contributed by atoms with van der Waals surface area (Å²) in [6, 6.07) is 14.6. The summed E-state index contributed by atoms with van der Waals surface area (Å²) in [7, 11) is 1.65. The first kappa shape index (κ1) is 21.8. The van der Waals surface area contributed by atoms with Gasteiger partial charge in [0.2, 0.25) is 17.8 Å². The number of nitrogens with one attached hydrogen (secondary N) is 3. The maximum atomic E-state index is 13.2. The van der Waals surface area contributed by atoms with Crippen LogP contribution in [0.3, 0.4) is 0 Å². The van der Waals surface area contributed by atoms with Crippen molar-refractivity contribution in [1.29, 1.82) is 0 Å². The molecule has 1 saturated carbocycles. The molecule has 3 N–H and O–H groups in total. The molecule has 0 aliphatic heterocycles. The predicted molar refractivity (Wildman–Crippen MR) is 124 cm³/mol. The minimum atomic E-state index is -0.252. The first-order valence-corrected chi connectivity index (χ1v) is 11.1. The fraction of sp³-hybridized carbons (Fsp3) is 0.375. The molecule has 1 fully saturated rings. The van der Waals surface area contributed by atoms with Crippen LogP contribution in [0.5, 0.6) is 5.75 Å². The molecule has 1 aliphatic rings. The molecule has 0 saturated heterocycles. The lowest BCUT2D eigenvalue weighted by atomic mass is 9.96. The zero-order chi connectivity index (χ0) is 22.2. The first-order valence-electron chi connectivity index (χ1n) is 11.1. The van der Waals surface area contributed by atoms with Gasteiger partial charge in [-0.1, -0.05) is 43.5 Å². The number of rotatable bonds is 9. The number of aromatic nitrogens is 3. The van der Waals surface area contributed by atoms with Crippen molar-refractivity contribution in [3.63, 3.8) is 0 Å². The molecule has 0 atom stereocenters. The Hall–Kier alpha value is -3.42. The second kappa shape index (κ2) is 10.7. The van der Waals surface area contributed by atoms with Crippen LogP contribution in [-0.4, -0.2) is 28.1 Å². The zero-order valence-corrected chi connectivity index (χ0v) is 18.3. The zero-order valence-electron chi connectivity index (χ0n) is 18.3. The maximum Gasteiger partial charge on any atom is 0.229 e. The van der Waals surface area contributed by atoms with Gasteiger partial charge in [0.25, 0.3) is 0 Å². The summed E-state index contributed by atoms with van der Waals surface area (Å²) < 4.78 is 18.4. The third-order valence-corrected chi connectivity index (χ3v) is 5.55. The van der Waals surface area contributed by atoms with Crippen molar-refractivity contribution in [3.8, 4) is 5.75 Å². The van der Waals surface area contributed by atoms with Gasteiger partial charge in [-0.3, -0.25) is 0 Å². The van der Waals surface area contributed by atoms with Gasteiger partial charge in [0.1, 0.15) is 11.6 Å². The van der Waals surface area contributed by atoms with Gasteiger partial charge in [-0.05, 0) is 48.2 Å². The Morgan fingerprint density at radius 3 is 1.88 bits per heavy atom. The maximum absolute atomic E-state index is 13.2. The Morgan fingerprint density at radius 1 is 0.781 bits per heavy atom. The Balaban J connectivity index is 1.46. The number of methoxy groups -OCH3 is 1. The third kappa shape index (κ3) is 6.29. The molecule has 0 unspecified atom stereocenters. The molecule has 2 aromatic carbocycles. The Kier molecular flexibility index (Phi) is 7.32. The molecule has 0 amide bonds. The molecular weight excluding hydrogens is 407 g/mol.